The number of benzene rings is 1. The Labute approximate surface area is 314 Å². The number of methoxy groups -OCH3 is 1. The Kier molecular flexibility index (Phi) is 15.4. The number of nitrogens with one attached hydrogen (secondary N) is 3. The van der Waals surface area contributed by atoms with Crippen LogP contribution in [0.1, 0.15) is 58.2 Å². The van der Waals surface area contributed by atoms with Gasteiger partial charge in [0.15, 0.2) is 0 Å². The topological polar surface area (TPSA) is 122 Å². The van der Waals surface area contributed by atoms with Gasteiger partial charge in [0, 0.05) is 75.2 Å². The van der Waals surface area contributed by atoms with E-state index in [2.05, 4.69) is 52.6 Å². The van der Waals surface area contributed by atoms with Gasteiger partial charge in [0.25, 0.3) is 0 Å². The van der Waals surface area contributed by atoms with Crippen LogP contribution in [0.2, 0.25) is 0 Å². The zero-order valence-corrected chi connectivity index (χ0v) is 32.7. The fourth-order valence-electron chi connectivity index (χ4n) is 7.03. The first kappa shape index (κ1) is 41.9. The summed E-state index contributed by atoms with van der Waals surface area (Å²) in [7, 11) is 5.28. The molecule has 2 aliphatic heterocycles. The summed E-state index contributed by atoms with van der Waals surface area (Å²) in [6, 6.07) is 2.91. The van der Waals surface area contributed by atoms with Gasteiger partial charge in [0.1, 0.15) is 11.9 Å². The van der Waals surface area contributed by atoms with E-state index in [9.17, 15) is 9.59 Å². The highest BCUT2D eigenvalue weighted by Crippen LogP contribution is 2.38. The van der Waals surface area contributed by atoms with Crippen LogP contribution < -0.4 is 21.0 Å². The van der Waals surface area contributed by atoms with E-state index in [-0.39, 0.29) is 55.1 Å². The van der Waals surface area contributed by atoms with Gasteiger partial charge < -0.3 is 34.3 Å². The number of ether oxygens (including phenoxy) is 3. The third kappa shape index (κ3) is 11.1. The molecule has 0 spiro atoms. The fraction of sp³-hybridized carbons (Fsp3) is 0.575. The van der Waals surface area contributed by atoms with Crippen molar-refractivity contribution in [3.63, 3.8) is 0 Å². The molecule has 2 saturated heterocycles. The quantitative estimate of drug-likeness (QED) is 0.114. The van der Waals surface area contributed by atoms with Gasteiger partial charge in [-0.05, 0) is 64.3 Å². The summed E-state index contributed by atoms with van der Waals surface area (Å²) in [4.78, 5) is 32.1. The molecule has 0 radical (unpaired) electrons. The number of anilines is 1. The molecule has 4 rings (SSSR count). The molecular weight excluding hydrogens is 677 g/mol. The number of rotatable bonds is 18. The summed E-state index contributed by atoms with van der Waals surface area (Å²) in [6.45, 7) is 19.1. The number of allylic oxidation sites excluding steroid dienone is 1. The molecule has 2 aromatic rings. The predicted molar refractivity (Wildman–Crippen MR) is 211 cm³/mol. The third-order valence-electron chi connectivity index (χ3n) is 9.85. The van der Waals surface area contributed by atoms with Crippen molar-refractivity contribution in [1.82, 2.24) is 25.6 Å². The number of amides is 1. The van der Waals surface area contributed by atoms with Crippen LogP contribution >= 0.6 is 0 Å². The van der Waals surface area contributed by atoms with Gasteiger partial charge in [-0.25, -0.2) is 14.8 Å². The van der Waals surface area contributed by atoms with Crippen molar-refractivity contribution < 1.29 is 28.2 Å². The number of halogens is 1. The van der Waals surface area contributed by atoms with Crippen molar-refractivity contribution >= 4 is 40.8 Å². The number of hydrogen-bond acceptors (Lipinski definition) is 10. The van der Waals surface area contributed by atoms with Crippen molar-refractivity contribution in [3.8, 4) is 0 Å². The Bertz CT molecular complexity index is 1650. The van der Waals surface area contributed by atoms with E-state index in [0.717, 1.165) is 41.5 Å². The van der Waals surface area contributed by atoms with Gasteiger partial charge >= 0.3 is 5.97 Å². The van der Waals surface area contributed by atoms with Crippen LogP contribution in [0.25, 0.3) is 17.0 Å². The molecule has 0 bridgehead atoms. The average Bonchev–Trinajstić information content (AvgIpc) is 3.40. The van der Waals surface area contributed by atoms with Crippen molar-refractivity contribution in [2.24, 2.45) is 10.4 Å². The van der Waals surface area contributed by atoms with E-state index in [1.165, 1.54) is 0 Å². The van der Waals surface area contributed by atoms with E-state index in [1.54, 1.807) is 38.6 Å². The van der Waals surface area contributed by atoms with Gasteiger partial charge in [0.05, 0.1) is 48.9 Å². The average molecular weight is 738 g/mol. The lowest BCUT2D eigenvalue weighted by molar-refractivity contribution is -0.152. The van der Waals surface area contributed by atoms with Crippen LogP contribution in [0.15, 0.2) is 48.1 Å². The first-order chi connectivity index (χ1) is 25.3. The van der Waals surface area contributed by atoms with Gasteiger partial charge in [-0.2, -0.15) is 0 Å². The lowest BCUT2D eigenvalue weighted by Crippen LogP contribution is -2.51. The van der Waals surface area contributed by atoms with Crippen molar-refractivity contribution in [2.75, 3.05) is 65.5 Å². The molecule has 2 aliphatic rings. The smallest absolute Gasteiger partial charge is 0.324 e. The minimum Gasteiger partial charge on any atom is -0.464 e. The monoisotopic (exact) mass is 737 g/mol. The summed E-state index contributed by atoms with van der Waals surface area (Å²) >= 11 is 0. The first-order valence-electron chi connectivity index (χ1n) is 18.7. The van der Waals surface area contributed by atoms with Crippen molar-refractivity contribution in [3.05, 3.63) is 60.2 Å². The van der Waals surface area contributed by atoms with Crippen LogP contribution in [0.5, 0.6) is 0 Å². The molecule has 3 heterocycles. The lowest BCUT2D eigenvalue weighted by atomic mass is 9.85. The maximum Gasteiger partial charge on any atom is 0.324 e. The van der Waals surface area contributed by atoms with E-state index in [4.69, 9.17) is 14.2 Å². The maximum absolute atomic E-state index is 16.3. The summed E-state index contributed by atoms with van der Waals surface area (Å²) in [5.41, 5.74) is 6.57. The maximum atomic E-state index is 16.3. The number of aromatic nitrogens is 1. The predicted octanol–water partition coefficient (Wildman–Crippen LogP) is 4.63. The second kappa shape index (κ2) is 19.4. The molecule has 4 atom stereocenters. The molecule has 1 aromatic carbocycles. The molecular formula is C40H60FN7O5. The van der Waals surface area contributed by atoms with Crippen molar-refractivity contribution in [1.29, 1.82) is 0 Å². The minimum atomic E-state index is -0.473. The van der Waals surface area contributed by atoms with Gasteiger partial charge in [-0.1, -0.05) is 32.6 Å². The molecule has 53 heavy (non-hydrogen) atoms. The van der Waals surface area contributed by atoms with Crippen molar-refractivity contribution in [2.45, 2.75) is 84.2 Å². The van der Waals surface area contributed by atoms with Gasteiger partial charge in [0.2, 0.25) is 5.91 Å². The number of carbonyl (C=O) groups is 2. The zero-order valence-electron chi connectivity index (χ0n) is 32.7. The molecule has 0 saturated carbocycles. The number of aliphatic imine (C=N–C) groups is 1. The highest BCUT2D eigenvalue weighted by atomic mass is 19.1. The molecule has 3 N–H and O–H groups in total. The summed E-state index contributed by atoms with van der Waals surface area (Å²) in [6.07, 6.45) is 9.10. The Morgan fingerprint density at radius 2 is 2.04 bits per heavy atom. The fourth-order valence-corrected chi connectivity index (χ4v) is 7.03. The molecule has 292 valence electrons. The number of nitrogens with zero attached hydrogens (tertiary/aromatic N) is 4. The highest BCUT2D eigenvalue weighted by Gasteiger charge is 2.31. The standard InChI is InChI=1S/C40H60FN7O5/c1-10-15-43-34(27(4)51-9)22-36-31(23-40(5,6)26-53-39(50)33-14-13-16-46(8)45-33)30-20-37(32(41)21-35(30)48(36)12-3)47-17-18-52-29(25-47)19-28(11-2)44-38(49)24-42-7/h10-11,15,20-22,27-29,33,42,45H,1-2,12-14,16-19,23-26H2,3-9H3,(H,44,49)/b34-22+,43-15?. The van der Waals surface area contributed by atoms with Crippen LogP contribution in [-0.2, 0) is 36.8 Å². The second-order valence-electron chi connectivity index (χ2n) is 14.7. The van der Waals surface area contributed by atoms with Crippen LogP contribution in [0.3, 0.4) is 0 Å². The summed E-state index contributed by atoms with van der Waals surface area (Å²) in [5.74, 6) is -0.723. The Morgan fingerprint density at radius 3 is 2.70 bits per heavy atom. The second-order valence-corrected chi connectivity index (χ2v) is 14.7. The molecule has 1 amide bonds. The number of fused-ring (bicyclic) bond motifs is 1. The largest absolute Gasteiger partial charge is 0.464 e. The molecule has 13 heteroatoms. The zero-order chi connectivity index (χ0) is 38.7. The normalized spacial score (nSPS) is 20.1. The number of esters is 1. The minimum absolute atomic E-state index is 0.131. The molecule has 12 nitrogen and oxygen atoms in total. The number of hydrogen-bond donors (Lipinski definition) is 3. The SMILES string of the molecule is C=CC=N/C(=C/c1c(CC(C)(C)COC(=O)C2CCCN(C)N2)c2cc(N3CCOC(CC(C=C)NC(=O)CNC)C3)c(F)cc2n1CC)C(C)OC. The number of morpholine rings is 1. The molecule has 2 fully saturated rings. The van der Waals surface area contributed by atoms with E-state index in [0.29, 0.717) is 50.5 Å². The van der Waals surface area contributed by atoms with Crippen LogP contribution in [0, 0.1) is 11.2 Å². The van der Waals surface area contributed by atoms with Crippen LogP contribution in [0.4, 0.5) is 10.1 Å². The highest BCUT2D eigenvalue weighted by molar-refractivity contribution is 5.92. The summed E-state index contributed by atoms with van der Waals surface area (Å²) in [5, 5.41) is 8.66. The Morgan fingerprint density at radius 1 is 1.26 bits per heavy atom. The van der Waals surface area contributed by atoms with E-state index in [1.807, 2.05) is 42.9 Å². The number of likely N-dealkylation sites (N-methyl/N-ethyl adjacent to an activating group) is 1. The van der Waals surface area contributed by atoms with E-state index >= 15 is 4.39 Å². The van der Waals surface area contributed by atoms with Gasteiger partial charge in [-0.15, -0.1) is 6.58 Å². The number of carbonyl (C=O) groups excluding carboxylic acids is 2. The summed E-state index contributed by atoms with van der Waals surface area (Å²) < 4.78 is 36.2. The number of aryl methyl sites for hydroxylation is 1. The molecule has 0 aliphatic carbocycles. The molecule has 1 aromatic heterocycles. The molecule has 4 unspecified atom stereocenters. The Balaban J connectivity index is 1.74. The third-order valence-corrected chi connectivity index (χ3v) is 9.85. The Hall–Kier alpha value is -3.88. The van der Waals surface area contributed by atoms with Crippen LogP contribution in [-0.4, -0.2) is 113 Å². The number of hydrazine groups is 1. The lowest BCUT2D eigenvalue weighted by Gasteiger charge is -2.36. The van der Waals surface area contributed by atoms with E-state index < -0.39 is 5.41 Å². The van der Waals surface area contributed by atoms with Gasteiger partial charge in [-0.3, -0.25) is 14.6 Å². The first-order valence-corrected chi connectivity index (χ1v) is 18.7.